The molecule has 31 heavy (non-hydrogen) atoms. The molecule has 7 nitrogen and oxygen atoms in total. The molecule has 2 aromatic carbocycles. The molecule has 0 saturated carbocycles. The van der Waals surface area contributed by atoms with Crippen molar-refractivity contribution in [1.82, 2.24) is 9.97 Å². The van der Waals surface area contributed by atoms with E-state index in [1.54, 1.807) is 30.3 Å². The van der Waals surface area contributed by atoms with E-state index >= 15 is 0 Å². The summed E-state index contributed by atoms with van der Waals surface area (Å²) in [6.07, 6.45) is 3.85. The number of carbonyl (C=O) groups is 1. The van der Waals surface area contributed by atoms with E-state index in [1.165, 1.54) is 24.2 Å². The molecule has 0 unspecified atom stereocenters. The van der Waals surface area contributed by atoms with Crippen molar-refractivity contribution in [3.8, 4) is 22.8 Å². The molecule has 0 aliphatic carbocycles. The van der Waals surface area contributed by atoms with Crippen LogP contribution in [-0.4, -0.2) is 47.1 Å². The van der Waals surface area contributed by atoms with Crippen molar-refractivity contribution in [3.63, 3.8) is 0 Å². The first-order valence-corrected chi connectivity index (χ1v) is 10.8. The Hall–Kier alpha value is -3.33. The summed E-state index contributed by atoms with van der Waals surface area (Å²) in [5.74, 6) is -0.166. The highest BCUT2D eigenvalue weighted by Gasteiger charge is 2.17. The third kappa shape index (κ3) is 4.72. The Morgan fingerprint density at radius 1 is 1.19 bits per heavy atom. The van der Waals surface area contributed by atoms with Gasteiger partial charge in [-0.15, -0.1) is 11.8 Å². The van der Waals surface area contributed by atoms with E-state index in [4.69, 9.17) is 9.47 Å². The number of rotatable bonds is 7. The summed E-state index contributed by atoms with van der Waals surface area (Å²) in [6, 6.07) is 10.2. The van der Waals surface area contributed by atoms with E-state index in [9.17, 15) is 14.3 Å². The van der Waals surface area contributed by atoms with E-state index in [-0.39, 0.29) is 11.3 Å². The highest BCUT2D eigenvalue weighted by Crippen LogP contribution is 2.34. The Balaban J connectivity index is 1.45. The molecule has 9 heteroatoms. The Bertz CT molecular complexity index is 1130. The number of hydrogen-bond acceptors (Lipinski definition) is 7. The number of ether oxygens (including phenoxy) is 2. The number of halogens is 1. The van der Waals surface area contributed by atoms with Crippen LogP contribution in [0.4, 0.5) is 10.2 Å². The van der Waals surface area contributed by atoms with Gasteiger partial charge in [0.15, 0.2) is 17.3 Å². The summed E-state index contributed by atoms with van der Waals surface area (Å²) in [5, 5.41) is 12.5. The number of aromatic nitrogens is 2. The van der Waals surface area contributed by atoms with E-state index in [0.717, 1.165) is 11.1 Å². The molecule has 2 N–H and O–H groups in total. The summed E-state index contributed by atoms with van der Waals surface area (Å²) in [6.45, 7) is 1.28. The number of carboxylic acid groups (broad SMARTS) is 1. The number of fused-ring (bicyclic) bond motifs is 1. The molecule has 0 amide bonds. The van der Waals surface area contributed by atoms with Crippen molar-refractivity contribution < 1.29 is 23.8 Å². The second-order valence-electron chi connectivity index (χ2n) is 6.79. The summed E-state index contributed by atoms with van der Waals surface area (Å²) < 4.78 is 25.0. The maximum atomic E-state index is 14.2. The normalized spacial score (nSPS) is 12.5. The highest BCUT2D eigenvalue weighted by molar-refractivity contribution is 7.98. The van der Waals surface area contributed by atoms with Crippen molar-refractivity contribution in [1.29, 1.82) is 0 Å². The van der Waals surface area contributed by atoms with Crippen LogP contribution in [-0.2, 0) is 6.42 Å². The molecular weight excluding hydrogens is 421 g/mol. The lowest BCUT2D eigenvalue weighted by Crippen LogP contribution is -2.17. The first kappa shape index (κ1) is 20.9. The molecule has 0 fully saturated rings. The number of hydrogen-bond donors (Lipinski definition) is 2. The van der Waals surface area contributed by atoms with Crippen molar-refractivity contribution in [2.75, 3.05) is 31.3 Å². The van der Waals surface area contributed by atoms with Gasteiger partial charge in [-0.3, -0.25) is 0 Å². The number of anilines is 1. The SMILES string of the molecule is CSc1cc(-c2cc(NCCc3cc(F)c4c(c3)OCCO4)ncn2)ccc1C(=O)O. The Morgan fingerprint density at radius 2 is 2.03 bits per heavy atom. The lowest BCUT2D eigenvalue weighted by atomic mass is 10.1. The fourth-order valence-corrected chi connectivity index (χ4v) is 3.90. The number of carboxylic acids is 1. The van der Waals surface area contributed by atoms with Gasteiger partial charge in [0.25, 0.3) is 0 Å². The van der Waals surface area contributed by atoms with Crippen LogP contribution in [0.2, 0.25) is 0 Å². The maximum absolute atomic E-state index is 14.2. The lowest BCUT2D eigenvalue weighted by molar-refractivity contribution is 0.0693. The summed E-state index contributed by atoms with van der Waals surface area (Å²) >= 11 is 1.37. The molecule has 0 atom stereocenters. The minimum absolute atomic E-state index is 0.168. The average molecular weight is 441 g/mol. The molecule has 1 aliphatic rings. The number of aromatic carboxylic acids is 1. The molecule has 1 aromatic heterocycles. The Labute approximate surface area is 182 Å². The maximum Gasteiger partial charge on any atom is 0.336 e. The Morgan fingerprint density at radius 3 is 2.84 bits per heavy atom. The molecule has 0 spiro atoms. The van der Waals surface area contributed by atoms with Gasteiger partial charge < -0.3 is 19.9 Å². The quantitative estimate of drug-likeness (QED) is 0.529. The lowest BCUT2D eigenvalue weighted by Gasteiger charge is -2.19. The van der Waals surface area contributed by atoms with Crippen molar-refractivity contribution in [2.45, 2.75) is 11.3 Å². The molecule has 0 radical (unpaired) electrons. The minimum atomic E-state index is -0.962. The van der Waals surface area contributed by atoms with Gasteiger partial charge in [-0.1, -0.05) is 6.07 Å². The standard InChI is InChI=1S/C22H20FN3O4S/c1-31-19-10-14(2-3-15(19)22(27)28)17-11-20(26-12-25-17)24-5-4-13-8-16(23)21-18(9-13)29-6-7-30-21/h2-3,8-12H,4-7H2,1H3,(H,27,28)(H,24,25,26). The number of benzene rings is 2. The molecule has 0 bridgehead atoms. The van der Waals surface area contributed by atoms with Gasteiger partial charge >= 0.3 is 5.97 Å². The third-order valence-electron chi connectivity index (χ3n) is 4.77. The van der Waals surface area contributed by atoms with Gasteiger partial charge in [-0.25, -0.2) is 19.2 Å². The van der Waals surface area contributed by atoms with Gasteiger partial charge in [0, 0.05) is 23.1 Å². The van der Waals surface area contributed by atoms with Crippen molar-refractivity contribution in [3.05, 3.63) is 59.7 Å². The molecule has 2 heterocycles. The first-order chi connectivity index (χ1) is 15.0. The van der Waals surface area contributed by atoms with E-state index < -0.39 is 11.8 Å². The zero-order chi connectivity index (χ0) is 21.8. The van der Waals surface area contributed by atoms with E-state index in [0.29, 0.717) is 48.3 Å². The van der Waals surface area contributed by atoms with Crippen LogP contribution in [0.25, 0.3) is 11.3 Å². The number of nitrogens with one attached hydrogen (secondary N) is 1. The van der Waals surface area contributed by atoms with Crippen LogP contribution < -0.4 is 14.8 Å². The molecule has 0 saturated heterocycles. The van der Waals surface area contributed by atoms with Gasteiger partial charge in [0.05, 0.1) is 11.3 Å². The highest BCUT2D eigenvalue weighted by atomic mass is 32.2. The van der Waals surface area contributed by atoms with Crippen molar-refractivity contribution in [2.24, 2.45) is 0 Å². The van der Waals surface area contributed by atoms with Crippen LogP contribution in [0.3, 0.4) is 0 Å². The molecule has 4 rings (SSSR count). The fraction of sp³-hybridized carbons (Fsp3) is 0.227. The van der Waals surface area contributed by atoms with Crippen molar-refractivity contribution >= 4 is 23.5 Å². The van der Waals surface area contributed by atoms with Gasteiger partial charge in [-0.05, 0) is 42.5 Å². The van der Waals surface area contributed by atoms with Crippen LogP contribution >= 0.6 is 11.8 Å². The summed E-state index contributed by atoms with van der Waals surface area (Å²) in [7, 11) is 0. The van der Waals surface area contributed by atoms with Gasteiger partial charge in [-0.2, -0.15) is 0 Å². The second-order valence-corrected chi connectivity index (χ2v) is 7.64. The predicted octanol–water partition coefficient (Wildman–Crippen LogP) is 4.13. The number of nitrogens with zero attached hydrogens (tertiary/aromatic N) is 2. The first-order valence-electron chi connectivity index (χ1n) is 9.61. The second kappa shape index (κ2) is 9.22. The molecular formula is C22H20FN3O4S. The summed E-state index contributed by atoms with van der Waals surface area (Å²) in [4.78, 5) is 20.5. The van der Waals surface area contributed by atoms with Gasteiger partial charge in [0.1, 0.15) is 25.4 Å². The largest absolute Gasteiger partial charge is 0.486 e. The topological polar surface area (TPSA) is 93.6 Å². The zero-order valence-corrected chi connectivity index (χ0v) is 17.5. The average Bonchev–Trinajstić information content (AvgIpc) is 2.79. The number of thioether (sulfide) groups is 1. The van der Waals surface area contributed by atoms with E-state index in [1.807, 2.05) is 6.26 Å². The van der Waals surface area contributed by atoms with Gasteiger partial charge in [0.2, 0.25) is 0 Å². The van der Waals surface area contributed by atoms with Crippen LogP contribution in [0, 0.1) is 5.82 Å². The van der Waals surface area contributed by atoms with Crippen LogP contribution in [0.15, 0.2) is 47.6 Å². The van der Waals surface area contributed by atoms with E-state index in [2.05, 4.69) is 15.3 Å². The Kier molecular flexibility index (Phi) is 6.22. The van der Waals surface area contributed by atoms with Crippen LogP contribution in [0.1, 0.15) is 15.9 Å². The molecule has 160 valence electrons. The fourth-order valence-electron chi connectivity index (χ4n) is 3.28. The predicted molar refractivity (Wildman–Crippen MR) is 116 cm³/mol. The van der Waals surface area contributed by atoms with Crippen LogP contribution in [0.5, 0.6) is 11.5 Å². The zero-order valence-electron chi connectivity index (χ0n) is 16.7. The monoisotopic (exact) mass is 441 g/mol. The minimum Gasteiger partial charge on any atom is -0.486 e. The third-order valence-corrected chi connectivity index (χ3v) is 5.55. The smallest absolute Gasteiger partial charge is 0.336 e. The molecule has 1 aliphatic heterocycles. The summed E-state index contributed by atoms with van der Waals surface area (Å²) in [5.41, 5.74) is 2.52. The molecule has 3 aromatic rings.